The lowest BCUT2D eigenvalue weighted by atomic mass is 9.97. The van der Waals surface area contributed by atoms with E-state index >= 15 is 22.0 Å². The van der Waals surface area contributed by atoms with Crippen LogP contribution in [-0.2, 0) is 6.18 Å². The lowest BCUT2D eigenvalue weighted by Crippen LogP contribution is -2.16. The fraction of sp³-hybridized carbons (Fsp3) is 0.0123. The van der Waals surface area contributed by atoms with E-state index in [1.165, 1.54) is 12.1 Å². The van der Waals surface area contributed by atoms with Crippen LogP contribution in [0.1, 0.15) is 5.56 Å². The molecule has 0 fully saturated rings. The van der Waals surface area contributed by atoms with Crippen LogP contribution >= 0.6 is 0 Å². The number of benzene rings is 10. The maximum absolute atomic E-state index is 17.9. The maximum Gasteiger partial charge on any atom is 0.420 e. The molecule has 0 amide bonds. The van der Waals surface area contributed by atoms with Crippen LogP contribution in [0, 0.1) is 11.6 Å². The fourth-order valence-electron chi connectivity index (χ4n) is 13.2. The molecular formula is C81H49F5N6. The first kappa shape index (κ1) is 55.4. The number of aromatic nitrogens is 6. The molecule has 0 aliphatic carbocycles. The number of rotatable bonds is 11. The minimum Gasteiger partial charge on any atom is -0.308 e. The van der Waals surface area contributed by atoms with Gasteiger partial charge in [-0.3, -0.25) is 19.9 Å². The molecule has 0 radical (unpaired) electrons. The van der Waals surface area contributed by atoms with Crippen molar-refractivity contribution >= 4 is 43.6 Å². The third-order valence-corrected chi connectivity index (χ3v) is 17.3. The summed E-state index contributed by atoms with van der Waals surface area (Å²) in [5.74, 6) is -1.79. The van der Waals surface area contributed by atoms with Gasteiger partial charge < -0.3 is 9.13 Å². The summed E-state index contributed by atoms with van der Waals surface area (Å²) in [5.41, 5.74) is 12.3. The van der Waals surface area contributed by atoms with Crippen LogP contribution in [0.2, 0.25) is 0 Å². The molecule has 10 aromatic carbocycles. The molecule has 11 heteroatoms. The van der Waals surface area contributed by atoms with Crippen molar-refractivity contribution in [1.82, 2.24) is 29.1 Å². The average Bonchev–Trinajstić information content (AvgIpc) is 1.51. The van der Waals surface area contributed by atoms with Gasteiger partial charge in [-0.05, 0) is 106 Å². The Balaban J connectivity index is 1.05. The molecule has 0 aliphatic rings. The highest BCUT2D eigenvalue weighted by Crippen LogP contribution is 2.49. The van der Waals surface area contributed by atoms with Gasteiger partial charge in [-0.15, -0.1) is 0 Å². The Labute approximate surface area is 525 Å². The van der Waals surface area contributed by atoms with Crippen molar-refractivity contribution in [1.29, 1.82) is 0 Å². The summed E-state index contributed by atoms with van der Waals surface area (Å²) in [6.07, 6.45) is 1.78. The van der Waals surface area contributed by atoms with E-state index < -0.39 is 23.4 Å². The second kappa shape index (κ2) is 22.6. The third-order valence-electron chi connectivity index (χ3n) is 17.3. The van der Waals surface area contributed by atoms with E-state index in [2.05, 4.69) is 0 Å². The quantitative estimate of drug-likeness (QED) is 0.121. The Morgan fingerprint density at radius 1 is 0.250 bits per heavy atom. The van der Waals surface area contributed by atoms with Crippen LogP contribution in [-0.4, -0.2) is 29.1 Å². The highest BCUT2D eigenvalue weighted by Gasteiger charge is 2.40. The van der Waals surface area contributed by atoms with Crippen LogP contribution in [0.5, 0.6) is 0 Å². The van der Waals surface area contributed by atoms with Crippen molar-refractivity contribution in [2.45, 2.75) is 6.18 Å². The minimum absolute atomic E-state index is 0.0273. The summed E-state index contributed by atoms with van der Waals surface area (Å²) in [6, 6.07) is 83.5. The second-order valence-electron chi connectivity index (χ2n) is 22.7. The van der Waals surface area contributed by atoms with Crippen molar-refractivity contribution in [3.63, 3.8) is 0 Å². The first-order valence-corrected chi connectivity index (χ1v) is 30.0. The number of hydrogen-bond donors (Lipinski definition) is 0. The van der Waals surface area contributed by atoms with E-state index in [0.717, 1.165) is 62.7 Å². The van der Waals surface area contributed by atoms with Gasteiger partial charge in [-0.1, -0.05) is 194 Å². The topological polar surface area (TPSA) is 61.4 Å². The number of pyridine rings is 4. The lowest BCUT2D eigenvalue weighted by molar-refractivity contribution is -0.137. The first-order valence-electron chi connectivity index (χ1n) is 30.0. The van der Waals surface area contributed by atoms with E-state index in [4.69, 9.17) is 19.9 Å². The van der Waals surface area contributed by atoms with Gasteiger partial charge in [0.15, 0.2) is 0 Å². The normalized spacial score (nSPS) is 11.8. The molecule has 16 aromatic rings. The summed E-state index contributed by atoms with van der Waals surface area (Å²) < 4.78 is 89.0. The van der Waals surface area contributed by atoms with Crippen molar-refractivity contribution < 1.29 is 22.0 Å². The Bertz CT molecular complexity index is 4920. The van der Waals surface area contributed by atoms with Crippen LogP contribution in [0.25, 0.3) is 156 Å². The van der Waals surface area contributed by atoms with Crippen LogP contribution in [0.4, 0.5) is 22.0 Å². The molecule has 0 spiro atoms. The molecule has 0 bridgehead atoms. The molecule has 0 N–H and O–H groups in total. The van der Waals surface area contributed by atoms with Gasteiger partial charge in [0, 0.05) is 96.9 Å². The Morgan fingerprint density at radius 2 is 0.522 bits per heavy atom. The summed E-state index contributed by atoms with van der Waals surface area (Å²) >= 11 is 0. The molecule has 6 nitrogen and oxygen atoms in total. The van der Waals surface area contributed by atoms with E-state index in [0.29, 0.717) is 88.6 Å². The molecule has 6 aromatic heterocycles. The SMILES string of the molecule is Fc1cc(F)cc(-c2cc(-n3c4cc(-c5cccnc5-c5ccccc5)ccc4c4ccc(-c5cccnc5-c5ccccc5)cc43)c(C(F)(F)F)c(-n3c4cc(-c5cccnc5-c5ccccc5)ccc4c4ccc(-c5cccnc5-c5ccccc5)cc43)c2)c1. The summed E-state index contributed by atoms with van der Waals surface area (Å²) in [4.78, 5) is 19.4. The van der Waals surface area contributed by atoms with Crippen molar-refractivity contribution in [3.8, 4) is 112 Å². The predicted octanol–water partition coefficient (Wildman–Crippen LogP) is 21.8. The number of fused-ring (bicyclic) bond motifs is 6. The Morgan fingerprint density at radius 3 is 0.793 bits per heavy atom. The van der Waals surface area contributed by atoms with Gasteiger partial charge in [-0.25, -0.2) is 8.78 Å². The number of halogens is 5. The molecule has 0 aliphatic heterocycles. The molecule has 6 heterocycles. The fourth-order valence-corrected chi connectivity index (χ4v) is 13.2. The van der Waals surface area contributed by atoms with Gasteiger partial charge in [0.1, 0.15) is 17.2 Å². The molecule has 0 unspecified atom stereocenters. The molecule has 438 valence electrons. The monoisotopic (exact) mass is 1200 g/mol. The van der Waals surface area contributed by atoms with Gasteiger partial charge in [0.2, 0.25) is 0 Å². The van der Waals surface area contributed by atoms with E-state index in [1.807, 2.05) is 243 Å². The molecule has 0 saturated heterocycles. The molecule has 0 atom stereocenters. The predicted molar refractivity (Wildman–Crippen MR) is 360 cm³/mol. The zero-order chi connectivity index (χ0) is 62.0. The van der Waals surface area contributed by atoms with Gasteiger partial charge in [-0.2, -0.15) is 13.2 Å². The maximum atomic E-state index is 17.9. The Kier molecular flexibility index (Phi) is 13.6. The zero-order valence-electron chi connectivity index (χ0n) is 48.9. The van der Waals surface area contributed by atoms with Crippen LogP contribution in [0.3, 0.4) is 0 Å². The number of hydrogen-bond acceptors (Lipinski definition) is 4. The van der Waals surface area contributed by atoms with Crippen molar-refractivity contribution in [2.75, 3.05) is 0 Å². The van der Waals surface area contributed by atoms with Gasteiger partial charge in [0.25, 0.3) is 0 Å². The third kappa shape index (κ3) is 9.75. The van der Waals surface area contributed by atoms with Crippen LogP contribution in [0.15, 0.2) is 298 Å². The number of alkyl halides is 3. The standard InChI is InChI=1S/C81H49F5N6/c82-60-41-58(42-61(83)49-60)59-47-74(91-70-43-54(62-25-13-37-87-77(62)50-17-5-1-6-18-50)29-33-66(70)67-34-30-55(44-71(67)91)63-26-14-38-88-78(63)51-19-7-2-8-20-51)76(81(84,85)86)75(48-59)92-72-45-56(64-27-15-39-89-79(64)52-21-9-3-10-22-52)31-35-68(72)69-36-32-57(46-73(69)92)65-28-16-40-90-80(65)53-23-11-4-12-24-53/h1-49H. The zero-order valence-corrected chi connectivity index (χ0v) is 48.9. The van der Waals surface area contributed by atoms with E-state index in [-0.39, 0.29) is 22.5 Å². The highest BCUT2D eigenvalue weighted by molar-refractivity contribution is 6.14. The summed E-state index contributed by atoms with van der Waals surface area (Å²) in [7, 11) is 0. The number of nitrogens with zero attached hydrogens (tertiary/aromatic N) is 6. The second-order valence-corrected chi connectivity index (χ2v) is 22.7. The van der Waals surface area contributed by atoms with Gasteiger partial charge >= 0.3 is 6.18 Å². The lowest BCUT2D eigenvalue weighted by Gasteiger charge is -2.23. The van der Waals surface area contributed by atoms with Crippen LogP contribution < -0.4 is 0 Å². The smallest absolute Gasteiger partial charge is 0.308 e. The molecule has 92 heavy (non-hydrogen) atoms. The molecule has 16 rings (SSSR count). The van der Waals surface area contributed by atoms with Gasteiger partial charge in [0.05, 0.1) is 56.2 Å². The Hall–Kier alpha value is -12.0. The van der Waals surface area contributed by atoms with Crippen molar-refractivity contribution in [2.24, 2.45) is 0 Å². The molecule has 0 saturated carbocycles. The average molecular weight is 1200 g/mol. The summed E-state index contributed by atoms with van der Waals surface area (Å²) in [6.45, 7) is 0. The van der Waals surface area contributed by atoms with E-state index in [1.54, 1.807) is 33.9 Å². The molecular weight excluding hydrogens is 1150 g/mol. The van der Waals surface area contributed by atoms with E-state index in [9.17, 15) is 0 Å². The van der Waals surface area contributed by atoms with Crippen molar-refractivity contribution in [3.05, 3.63) is 315 Å². The largest absolute Gasteiger partial charge is 0.420 e. The first-order chi connectivity index (χ1) is 45.1. The minimum atomic E-state index is -5.12. The highest BCUT2D eigenvalue weighted by atomic mass is 19.4. The summed E-state index contributed by atoms with van der Waals surface area (Å²) in [5, 5.41) is 2.65.